The highest BCUT2D eigenvalue weighted by molar-refractivity contribution is 9.10. The van der Waals surface area contributed by atoms with Crippen LogP contribution >= 0.6 is 15.9 Å². The topological polar surface area (TPSA) is 72.4 Å². The van der Waals surface area contributed by atoms with Gasteiger partial charge in [-0.3, -0.25) is 0 Å². The summed E-state index contributed by atoms with van der Waals surface area (Å²) in [4.78, 5) is 10.7. The maximum Gasteiger partial charge on any atom is 0.225 e. The predicted octanol–water partition coefficient (Wildman–Crippen LogP) is 2.55. The summed E-state index contributed by atoms with van der Waals surface area (Å²) >= 11 is 3.30. The number of anilines is 1. The second-order valence-corrected chi connectivity index (χ2v) is 8.00. The molecule has 0 fully saturated rings. The van der Waals surface area contributed by atoms with Gasteiger partial charge in [0.15, 0.2) is 9.84 Å². The molecule has 1 aromatic heterocycles. The maximum atomic E-state index is 11.4. The molecule has 0 saturated carbocycles. The number of hydrogen-bond donors (Lipinski definition) is 0. The Morgan fingerprint density at radius 1 is 1.17 bits per heavy atom. The molecule has 2 rings (SSSR count). The molecule has 6 nitrogen and oxygen atoms in total. The fourth-order valence-electron chi connectivity index (χ4n) is 1.88. The lowest BCUT2D eigenvalue weighted by Crippen LogP contribution is -2.22. The first-order valence-electron chi connectivity index (χ1n) is 6.98. The Balaban J connectivity index is 1.78. The third kappa shape index (κ3) is 5.47. The van der Waals surface area contributed by atoms with Gasteiger partial charge in [0.05, 0.1) is 16.0 Å². The quantitative estimate of drug-likeness (QED) is 0.666. The average Bonchev–Trinajstić information content (AvgIpc) is 2.51. The van der Waals surface area contributed by atoms with E-state index in [4.69, 9.17) is 4.74 Å². The average molecular weight is 400 g/mol. The number of hydrogen-bond acceptors (Lipinski definition) is 6. The Hall–Kier alpha value is -1.67. The summed E-state index contributed by atoms with van der Waals surface area (Å²) in [6.07, 6.45) is 5.39. The van der Waals surface area contributed by atoms with Crippen LogP contribution in [-0.2, 0) is 9.84 Å². The van der Waals surface area contributed by atoms with Crippen LogP contribution in [0.3, 0.4) is 0 Å². The summed E-state index contributed by atoms with van der Waals surface area (Å²) in [5.74, 6) is 1.31. The number of sulfone groups is 1. The highest BCUT2D eigenvalue weighted by Crippen LogP contribution is 2.16. The fourth-order valence-corrected chi connectivity index (χ4v) is 2.71. The van der Waals surface area contributed by atoms with Crippen LogP contribution in [0.25, 0.3) is 0 Å². The Bertz CT molecular complexity index is 734. The van der Waals surface area contributed by atoms with Gasteiger partial charge in [-0.25, -0.2) is 18.4 Å². The highest BCUT2D eigenvalue weighted by Gasteiger charge is 2.07. The second kappa shape index (κ2) is 7.74. The summed E-state index contributed by atoms with van der Waals surface area (Å²) < 4.78 is 29.2. The van der Waals surface area contributed by atoms with E-state index in [1.54, 1.807) is 36.7 Å². The Morgan fingerprint density at radius 3 is 2.35 bits per heavy atom. The van der Waals surface area contributed by atoms with E-state index in [-0.39, 0.29) is 4.90 Å². The van der Waals surface area contributed by atoms with Crippen molar-refractivity contribution < 1.29 is 13.2 Å². The van der Waals surface area contributed by atoms with E-state index in [2.05, 4.69) is 25.9 Å². The van der Waals surface area contributed by atoms with E-state index in [1.165, 1.54) is 6.26 Å². The molecule has 0 atom stereocenters. The van der Waals surface area contributed by atoms with Gasteiger partial charge < -0.3 is 9.64 Å². The van der Waals surface area contributed by atoms with Gasteiger partial charge in [-0.2, -0.15) is 0 Å². The van der Waals surface area contributed by atoms with Crippen molar-refractivity contribution in [1.29, 1.82) is 0 Å². The van der Waals surface area contributed by atoms with Gasteiger partial charge in [0.25, 0.3) is 0 Å². The minimum atomic E-state index is -3.17. The number of benzene rings is 1. The van der Waals surface area contributed by atoms with Crippen LogP contribution in [0.2, 0.25) is 0 Å². The summed E-state index contributed by atoms with van der Waals surface area (Å²) in [6.45, 7) is 1.28. The maximum absolute atomic E-state index is 11.4. The minimum Gasteiger partial charge on any atom is -0.494 e. The lowest BCUT2D eigenvalue weighted by atomic mass is 10.3. The smallest absolute Gasteiger partial charge is 0.225 e. The van der Waals surface area contributed by atoms with Crippen LogP contribution < -0.4 is 9.64 Å². The number of aromatic nitrogens is 2. The highest BCUT2D eigenvalue weighted by atomic mass is 79.9. The molecule has 0 radical (unpaired) electrons. The van der Waals surface area contributed by atoms with Crippen LogP contribution in [0, 0.1) is 0 Å². The van der Waals surface area contributed by atoms with Gasteiger partial charge in [-0.15, -0.1) is 0 Å². The zero-order chi connectivity index (χ0) is 16.9. The van der Waals surface area contributed by atoms with Crippen LogP contribution in [-0.4, -0.2) is 44.8 Å². The third-order valence-electron chi connectivity index (χ3n) is 3.11. The van der Waals surface area contributed by atoms with E-state index < -0.39 is 9.84 Å². The molecule has 0 aliphatic rings. The van der Waals surface area contributed by atoms with Gasteiger partial charge in [0.2, 0.25) is 5.95 Å². The number of nitrogens with zero attached hydrogens (tertiary/aromatic N) is 3. The number of rotatable bonds is 7. The molecule has 2 aromatic rings. The molecule has 8 heteroatoms. The molecule has 0 N–H and O–H groups in total. The van der Waals surface area contributed by atoms with Gasteiger partial charge in [-0.1, -0.05) is 0 Å². The zero-order valence-electron chi connectivity index (χ0n) is 12.9. The van der Waals surface area contributed by atoms with Gasteiger partial charge in [0.1, 0.15) is 5.75 Å². The predicted molar refractivity (Wildman–Crippen MR) is 92.7 cm³/mol. The van der Waals surface area contributed by atoms with Crippen molar-refractivity contribution in [1.82, 2.24) is 9.97 Å². The lowest BCUT2D eigenvalue weighted by molar-refractivity contribution is 0.312. The first-order chi connectivity index (χ1) is 10.9. The van der Waals surface area contributed by atoms with Crippen LogP contribution in [0.4, 0.5) is 5.95 Å². The van der Waals surface area contributed by atoms with Crippen molar-refractivity contribution in [3.63, 3.8) is 0 Å². The summed E-state index contributed by atoms with van der Waals surface area (Å²) in [7, 11) is -1.25. The van der Waals surface area contributed by atoms with E-state index in [9.17, 15) is 8.42 Å². The molecular formula is C15H18BrN3O3S. The van der Waals surface area contributed by atoms with E-state index in [1.807, 2.05) is 11.9 Å². The first-order valence-corrected chi connectivity index (χ1v) is 9.66. The van der Waals surface area contributed by atoms with Gasteiger partial charge >= 0.3 is 0 Å². The monoisotopic (exact) mass is 399 g/mol. The second-order valence-electron chi connectivity index (χ2n) is 5.07. The van der Waals surface area contributed by atoms with Gasteiger partial charge in [-0.05, 0) is 46.6 Å². The number of ether oxygens (including phenoxy) is 1. The SMILES string of the molecule is CN(CCCOc1ccc(S(C)(=O)=O)cc1)c1ncc(Br)cn1. The van der Waals surface area contributed by atoms with Crippen molar-refractivity contribution in [3.05, 3.63) is 41.1 Å². The minimum absolute atomic E-state index is 0.289. The molecule has 1 aromatic carbocycles. The van der Waals surface area contributed by atoms with Gasteiger partial charge in [0, 0.05) is 32.2 Å². The molecule has 0 bridgehead atoms. The van der Waals surface area contributed by atoms with E-state index >= 15 is 0 Å². The standard InChI is InChI=1S/C15H18BrN3O3S/c1-19(15-17-10-12(16)11-18-15)8-3-9-22-13-4-6-14(7-5-13)23(2,20)21/h4-7,10-11H,3,8-9H2,1-2H3. The van der Waals surface area contributed by atoms with Crippen molar-refractivity contribution in [2.45, 2.75) is 11.3 Å². The Morgan fingerprint density at radius 2 is 1.78 bits per heavy atom. The molecular weight excluding hydrogens is 382 g/mol. The molecule has 0 saturated heterocycles. The molecule has 124 valence electrons. The normalized spacial score (nSPS) is 11.3. The van der Waals surface area contributed by atoms with Crippen LogP contribution in [0.15, 0.2) is 46.0 Å². The lowest BCUT2D eigenvalue weighted by Gasteiger charge is -2.16. The zero-order valence-corrected chi connectivity index (χ0v) is 15.3. The number of halogens is 1. The fraction of sp³-hybridized carbons (Fsp3) is 0.333. The largest absolute Gasteiger partial charge is 0.494 e. The molecule has 0 amide bonds. The Kier molecular flexibility index (Phi) is 5.95. The van der Waals surface area contributed by atoms with E-state index in [0.29, 0.717) is 18.3 Å². The molecule has 1 heterocycles. The molecule has 0 aliphatic heterocycles. The van der Waals surface area contributed by atoms with E-state index in [0.717, 1.165) is 17.4 Å². The molecule has 23 heavy (non-hydrogen) atoms. The molecule has 0 spiro atoms. The third-order valence-corrected chi connectivity index (χ3v) is 4.64. The van der Waals surface area contributed by atoms with Crippen molar-refractivity contribution in [3.8, 4) is 5.75 Å². The van der Waals surface area contributed by atoms with Crippen LogP contribution in [0.1, 0.15) is 6.42 Å². The van der Waals surface area contributed by atoms with Crippen molar-refractivity contribution in [2.75, 3.05) is 31.4 Å². The molecule has 0 unspecified atom stereocenters. The van der Waals surface area contributed by atoms with Crippen molar-refractivity contribution >= 4 is 31.7 Å². The summed E-state index contributed by atoms with van der Waals surface area (Å²) in [6, 6.07) is 6.43. The Labute approximate surface area is 144 Å². The van der Waals surface area contributed by atoms with Crippen LogP contribution in [0.5, 0.6) is 5.75 Å². The summed E-state index contributed by atoms with van der Waals surface area (Å²) in [5.41, 5.74) is 0. The summed E-state index contributed by atoms with van der Waals surface area (Å²) in [5, 5.41) is 0. The first kappa shape index (κ1) is 17.7. The molecule has 0 aliphatic carbocycles. The van der Waals surface area contributed by atoms with Crippen molar-refractivity contribution in [2.24, 2.45) is 0 Å².